The van der Waals surface area contributed by atoms with E-state index in [2.05, 4.69) is 32.2 Å². The van der Waals surface area contributed by atoms with Crippen LogP contribution in [0.25, 0.3) is 5.65 Å². The van der Waals surface area contributed by atoms with Gasteiger partial charge in [0.25, 0.3) is 0 Å². The SMILES string of the molecule is Cc1cc(C)n2ncc(CN3CCC(n4cc(CO)nn4)CC3)c2n1. The molecule has 0 amide bonds. The van der Waals surface area contributed by atoms with Gasteiger partial charge < -0.3 is 5.11 Å². The third kappa shape index (κ3) is 3.14. The molecule has 1 fully saturated rings. The van der Waals surface area contributed by atoms with Gasteiger partial charge in [-0.1, -0.05) is 5.21 Å². The number of nitrogens with zero attached hydrogens (tertiary/aromatic N) is 7. The molecule has 3 aromatic heterocycles. The lowest BCUT2D eigenvalue weighted by molar-refractivity contribution is 0.172. The fraction of sp³-hybridized carbons (Fsp3) is 0.529. The molecule has 0 atom stereocenters. The molecular formula is C17H23N7O. The van der Waals surface area contributed by atoms with Crippen molar-refractivity contribution in [3.8, 4) is 0 Å². The second kappa shape index (κ2) is 6.53. The highest BCUT2D eigenvalue weighted by Crippen LogP contribution is 2.24. The second-order valence-corrected chi connectivity index (χ2v) is 6.80. The van der Waals surface area contributed by atoms with Gasteiger partial charge in [0.1, 0.15) is 5.69 Å². The van der Waals surface area contributed by atoms with E-state index in [1.54, 1.807) is 0 Å². The molecule has 0 unspecified atom stereocenters. The number of hydrogen-bond acceptors (Lipinski definition) is 6. The van der Waals surface area contributed by atoms with Crippen LogP contribution in [0, 0.1) is 13.8 Å². The lowest BCUT2D eigenvalue weighted by Gasteiger charge is -2.31. The molecule has 1 aliphatic heterocycles. The first-order chi connectivity index (χ1) is 12.1. The molecule has 132 valence electrons. The quantitative estimate of drug-likeness (QED) is 0.769. The van der Waals surface area contributed by atoms with Gasteiger partial charge >= 0.3 is 0 Å². The van der Waals surface area contributed by atoms with Gasteiger partial charge in [-0.2, -0.15) is 5.10 Å². The van der Waals surface area contributed by atoms with Crippen molar-refractivity contribution in [3.05, 3.63) is 41.1 Å². The molecule has 1 aliphatic rings. The van der Waals surface area contributed by atoms with Gasteiger partial charge in [-0.05, 0) is 32.8 Å². The number of hydrogen-bond donors (Lipinski definition) is 1. The van der Waals surface area contributed by atoms with E-state index in [9.17, 15) is 0 Å². The number of aryl methyl sites for hydroxylation is 2. The second-order valence-electron chi connectivity index (χ2n) is 6.80. The largest absolute Gasteiger partial charge is 0.390 e. The number of aliphatic hydroxyl groups is 1. The Hall–Kier alpha value is -2.32. The van der Waals surface area contributed by atoms with E-state index < -0.39 is 0 Å². The number of aliphatic hydroxyl groups excluding tert-OH is 1. The minimum Gasteiger partial charge on any atom is -0.390 e. The van der Waals surface area contributed by atoms with Gasteiger partial charge in [0.05, 0.1) is 25.0 Å². The summed E-state index contributed by atoms with van der Waals surface area (Å²) in [5.41, 5.74) is 4.90. The van der Waals surface area contributed by atoms with E-state index in [1.165, 1.54) is 5.56 Å². The molecular weight excluding hydrogens is 318 g/mol. The van der Waals surface area contributed by atoms with Gasteiger partial charge in [-0.25, -0.2) is 14.2 Å². The number of rotatable bonds is 4. The number of likely N-dealkylation sites (tertiary alicyclic amines) is 1. The molecule has 0 bridgehead atoms. The zero-order valence-electron chi connectivity index (χ0n) is 14.6. The molecule has 8 nitrogen and oxygen atoms in total. The lowest BCUT2D eigenvalue weighted by Crippen LogP contribution is -2.34. The predicted molar refractivity (Wildman–Crippen MR) is 92.0 cm³/mol. The van der Waals surface area contributed by atoms with Crippen molar-refractivity contribution in [2.24, 2.45) is 0 Å². The molecule has 1 N–H and O–H groups in total. The van der Waals surface area contributed by atoms with Gasteiger partial charge in [0.2, 0.25) is 0 Å². The van der Waals surface area contributed by atoms with E-state index >= 15 is 0 Å². The maximum absolute atomic E-state index is 9.12. The van der Waals surface area contributed by atoms with Crippen molar-refractivity contribution in [3.63, 3.8) is 0 Å². The van der Waals surface area contributed by atoms with Crippen molar-refractivity contribution >= 4 is 5.65 Å². The molecule has 25 heavy (non-hydrogen) atoms. The summed E-state index contributed by atoms with van der Waals surface area (Å²) in [6.45, 7) is 6.89. The van der Waals surface area contributed by atoms with Crippen LogP contribution in [0.5, 0.6) is 0 Å². The predicted octanol–water partition coefficient (Wildman–Crippen LogP) is 1.27. The van der Waals surface area contributed by atoms with Crippen LogP contribution in [0.3, 0.4) is 0 Å². The summed E-state index contributed by atoms with van der Waals surface area (Å²) < 4.78 is 3.81. The summed E-state index contributed by atoms with van der Waals surface area (Å²) in [7, 11) is 0. The molecule has 8 heteroatoms. The van der Waals surface area contributed by atoms with Crippen LogP contribution < -0.4 is 0 Å². The number of aromatic nitrogens is 6. The Morgan fingerprint density at radius 1 is 1.24 bits per heavy atom. The molecule has 0 radical (unpaired) electrons. The highest BCUT2D eigenvalue weighted by atomic mass is 16.3. The van der Waals surface area contributed by atoms with E-state index in [0.29, 0.717) is 11.7 Å². The summed E-state index contributed by atoms with van der Waals surface area (Å²) in [6.07, 6.45) is 5.84. The Balaban J connectivity index is 1.43. The zero-order valence-corrected chi connectivity index (χ0v) is 14.6. The fourth-order valence-corrected chi connectivity index (χ4v) is 3.57. The monoisotopic (exact) mass is 341 g/mol. The maximum Gasteiger partial charge on any atom is 0.159 e. The van der Waals surface area contributed by atoms with Crippen LogP contribution in [-0.2, 0) is 13.2 Å². The average molecular weight is 341 g/mol. The van der Waals surface area contributed by atoms with Crippen molar-refractivity contribution < 1.29 is 5.11 Å². The van der Waals surface area contributed by atoms with E-state index in [1.807, 2.05) is 34.6 Å². The standard InChI is InChI=1S/C17H23N7O/c1-12-7-13(2)24-17(19-12)14(8-18-24)9-22-5-3-16(4-6-22)23-10-15(11-25)20-21-23/h7-8,10,16,25H,3-6,9,11H2,1-2H3. The minimum atomic E-state index is -0.0561. The molecule has 1 saturated heterocycles. The average Bonchev–Trinajstić information content (AvgIpc) is 3.23. The fourth-order valence-electron chi connectivity index (χ4n) is 3.57. The van der Waals surface area contributed by atoms with Crippen molar-refractivity contribution in [2.45, 2.75) is 45.9 Å². The molecule has 0 aliphatic carbocycles. The zero-order chi connectivity index (χ0) is 17.4. The van der Waals surface area contributed by atoms with Gasteiger partial charge in [0, 0.05) is 36.6 Å². The smallest absolute Gasteiger partial charge is 0.159 e. The van der Waals surface area contributed by atoms with Crippen LogP contribution in [0.2, 0.25) is 0 Å². The molecule has 0 aromatic carbocycles. The molecule has 0 saturated carbocycles. The van der Waals surface area contributed by atoms with E-state index in [-0.39, 0.29) is 6.61 Å². The van der Waals surface area contributed by atoms with Crippen molar-refractivity contribution in [2.75, 3.05) is 13.1 Å². The third-order valence-electron chi connectivity index (χ3n) is 4.90. The Bertz CT molecular complexity index is 876. The Labute approximate surface area is 146 Å². The highest BCUT2D eigenvalue weighted by Gasteiger charge is 2.22. The molecule has 3 aromatic rings. The Morgan fingerprint density at radius 3 is 2.76 bits per heavy atom. The number of piperidine rings is 1. The van der Waals surface area contributed by atoms with Crippen LogP contribution in [0.15, 0.2) is 18.5 Å². The first kappa shape index (κ1) is 16.2. The first-order valence-corrected chi connectivity index (χ1v) is 8.69. The van der Waals surface area contributed by atoms with Crippen molar-refractivity contribution in [1.82, 2.24) is 34.5 Å². The van der Waals surface area contributed by atoms with Crippen molar-refractivity contribution in [1.29, 1.82) is 0 Å². The molecule has 0 spiro atoms. The summed E-state index contributed by atoms with van der Waals surface area (Å²) in [6, 6.07) is 2.41. The summed E-state index contributed by atoms with van der Waals surface area (Å²) in [5.74, 6) is 0. The summed E-state index contributed by atoms with van der Waals surface area (Å²) >= 11 is 0. The van der Waals surface area contributed by atoms with Gasteiger partial charge in [0.15, 0.2) is 5.65 Å². The van der Waals surface area contributed by atoms with Crippen LogP contribution >= 0.6 is 0 Å². The lowest BCUT2D eigenvalue weighted by atomic mass is 10.0. The van der Waals surface area contributed by atoms with Gasteiger partial charge in [-0.15, -0.1) is 5.10 Å². The van der Waals surface area contributed by atoms with Gasteiger partial charge in [-0.3, -0.25) is 4.90 Å². The summed E-state index contributed by atoms with van der Waals surface area (Å²) in [5, 5.41) is 21.7. The number of fused-ring (bicyclic) bond motifs is 1. The van der Waals surface area contributed by atoms with Crippen LogP contribution in [-0.4, -0.2) is 52.7 Å². The Kier molecular flexibility index (Phi) is 4.22. The molecule has 4 heterocycles. The van der Waals surface area contributed by atoms with Crippen LogP contribution in [0.1, 0.15) is 41.5 Å². The van der Waals surface area contributed by atoms with E-state index in [0.717, 1.165) is 49.5 Å². The summed E-state index contributed by atoms with van der Waals surface area (Å²) in [4.78, 5) is 7.11. The highest BCUT2D eigenvalue weighted by molar-refractivity contribution is 5.47. The maximum atomic E-state index is 9.12. The topological polar surface area (TPSA) is 84.4 Å². The minimum absolute atomic E-state index is 0.0561. The Morgan fingerprint density at radius 2 is 2.04 bits per heavy atom. The van der Waals surface area contributed by atoms with Crippen LogP contribution in [0.4, 0.5) is 0 Å². The first-order valence-electron chi connectivity index (χ1n) is 8.69. The normalized spacial score (nSPS) is 16.8. The third-order valence-corrected chi connectivity index (χ3v) is 4.90. The van der Waals surface area contributed by atoms with E-state index in [4.69, 9.17) is 5.11 Å². The molecule has 4 rings (SSSR count).